The Balaban J connectivity index is 2.20. The van der Waals surface area contributed by atoms with Crippen molar-refractivity contribution in [3.8, 4) is 11.8 Å². The topological polar surface area (TPSA) is 74.7 Å². The molecule has 22 heavy (non-hydrogen) atoms. The normalized spacial score (nSPS) is 15.9. The van der Waals surface area contributed by atoms with Gasteiger partial charge in [0.2, 0.25) is 5.78 Å². The van der Waals surface area contributed by atoms with Gasteiger partial charge in [-0.15, -0.1) is 0 Å². The third-order valence-corrected chi connectivity index (χ3v) is 3.46. The number of nitrogens with zero attached hydrogens (tertiary/aromatic N) is 2. The summed E-state index contributed by atoms with van der Waals surface area (Å²) >= 11 is 0. The number of methoxy groups -OCH3 is 1. The number of carbonyl (C=O) groups is 1. The predicted molar refractivity (Wildman–Crippen MR) is 81.0 cm³/mol. The molecule has 0 aliphatic heterocycles. The number of aromatic hydroxyl groups is 1. The van der Waals surface area contributed by atoms with Gasteiger partial charge in [0.05, 0.1) is 18.3 Å². The number of rotatable bonds is 2. The maximum Gasteiger partial charge on any atom is 0.220 e. The zero-order valence-corrected chi connectivity index (χ0v) is 11.8. The van der Waals surface area contributed by atoms with E-state index in [1.54, 1.807) is 41.0 Å². The molecule has 0 fully saturated rings. The van der Waals surface area contributed by atoms with Gasteiger partial charge in [0.25, 0.3) is 0 Å². The van der Waals surface area contributed by atoms with Gasteiger partial charge in [0.1, 0.15) is 11.6 Å². The van der Waals surface area contributed by atoms with Crippen LogP contribution in [0.5, 0.6) is 5.75 Å². The first-order valence-electron chi connectivity index (χ1n) is 6.57. The van der Waals surface area contributed by atoms with Crippen LogP contribution in [0.4, 0.5) is 0 Å². The highest BCUT2D eigenvalue weighted by Crippen LogP contribution is 2.31. The monoisotopic (exact) mass is 292 g/mol. The molecule has 2 heterocycles. The number of fused-ring (bicyclic) bond motifs is 1. The fourth-order valence-corrected chi connectivity index (χ4v) is 2.40. The molecule has 0 bridgehead atoms. The number of pyridine rings is 1. The van der Waals surface area contributed by atoms with Crippen LogP contribution in [0.2, 0.25) is 0 Å². The molecule has 0 saturated heterocycles. The highest BCUT2D eigenvalue weighted by Gasteiger charge is 2.17. The van der Waals surface area contributed by atoms with Crippen molar-refractivity contribution >= 4 is 17.4 Å². The van der Waals surface area contributed by atoms with E-state index in [1.807, 2.05) is 12.1 Å². The largest absolute Gasteiger partial charge is 0.504 e. The zero-order chi connectivity index (χ0) is 15.7. The van der Waals surface area contributed by atoms with E-state index in [-0.39, 0.29) is 22.9 Å². The second-order valence-corrected chi connectivity index (χ2v) is 4.73. The van der Waals surface area contributed by atoms with E-state index in [0.717, 1.165) is 0 Å². The molecule has 0 radical (unpaired) electrons. The number of allylic oxidation sites excluding steroid dienone is 4. The minimum Gasteiger partial charge on any atom is -0.504 e. The van der Waals surface area contributed by atoms with Crippen LogP contribution >= 0.6 is 0 Å². The van der Waals surface area contributed by atoms with Crippen LogP contribution < -0.4 is 0 Å². The summed E-state index contributed by atoms with van der Waals surface area (Å²) in [7, 11) is 1.43. The summed E-state index contributed by atoms with van der Waals surface area (Å²) in [5, 5.41) is 19.5. The number of carbonyl (C=O) groups excluding carboxylic acids is 1. The third-order valence-electron chi connectivity index (χ3n) is 3.46. The first-order chi connectivity index (χ1) is 10.7. The van der Waals surface area contributed by atoms with Gasteiger partial charge in [0.15, 0.2) is 11.5 Å². The number of hydrogen-bond acceptors (Lipinski definition) is 4. The molecule has 5 heteroatoms. The fraction of sp³-hybridized carbons (Fsp3) is 0.0588. The van der Waals surface area contributed by atoms with Crippen LogP contribution in [-0.4, -0.2) is 22.4 Å². The molecule has 0 spiro atoms. The van der Waals surface area contributed by atoms with Crippen LogP contribution in [0.25, 0.3) is 11.6 Å². The lowest BCUT2D eigenvalue weighted by atomic mass is 10.1. The molecular formula is C17H12N2O3. The molecule has 2 aromatic heterocycles. The average molecular weight is 292 g/mol. The van der Waals surface area contributed by atoms with Gasteiger partial charge in [0, 0.05) is 6.20 Å². The second-order valence-electron chi connectivity index (χ2n) is 4.73. The highest BCUT2D eigenvalue weighted by atomic mass is 16.5. The Hall–Kier alpha value is -3.26. The summed E-state index contributed by atoms with van der Waals surface area (Å²) in [6.07, 6.45) is 8.10. The molecule has 108 valence electrons. The number of aromatic nitrogens is 1. The molecule has 1 N–H and O–H groups in total. The summed E-state index contributed by atoms with van der Waals surface area (Å²) in [5.41, 5.74) is 2.02. The summed E-state index contributed by atoms with van der Waals surface area (Å²) in [4.78, 5) is 11.5. The molecule has 0 saturated carbocycles. The Labute approximate surface area is 126 Å². The van der Waals surface area contributed by atoms with E-state index in [9.17, 15) is 15.2 Å². The lowest BCUT2D eigenvalue weighted by Crippen LogP contribution is -2.04. The van der Waals surface area contributed by atoms with E-state index < -0.39 is 0 Å². The zero-order valence-electron chi connectivity index (χ0n) is 11.8. The Morgan fingerprint density at radius 3 is 2.91 bits per heavy atom. The Morgan fingerprint density at radius 2 is 2.18 bits per heavy atom. The number of ether oxygens (including phenoxy) is 1. The summed E-state index contributed by atoms with van der Waals surface area (Å²) < 4.78 is 6.74. The van der Waals surface area contributed by atoms with Gasteiger partial charge in [-0.2, -0.15) is 5.26 Å². The number of nitriles is 1. The minimum atomic E-state index is -0.207. The van der Waals surface area contributed by atoms with Gasteiger partial charge < -0.3 is 14.2 Å². The van der Waals surface area contributed by atoms with E-state index >= 15 is 0 Å². The van der Waals surface area contributed by atoms with Gasteiger partial charge in [-0.1, -0.05) is 12.1 Å². The molecule has 3 rings (SSSR count). The number of ketones is 1. The molecule has 0 aromatic carbocycles. The van der Waals surface area contributed by atoms with Crippen LogP contribution in [-0.2, 0) is 9.53 Å². The van der Waals surface area contributed by atoms with Crippen LogP contribution in [0.15, 0.2) is 54.0 Å². The molecule has 1 aliphatic rings. The van der Waals surface area contributed by atoms with E-state index in [4.69, 9.17) is 4.74 Å². The molecular weight excluding hydrogens is 280 g/mol. The molecule has 1 aliphatic carbocycles. The molecule has 0 unspecified atom stereocenters. The highest BCUT2D eigenvalue weighted by molar-refractivity contribution is 6.05. The first-order valence-corrected chi connectivity index (χ1v) is 6.57. The van der Waals surface area contributed by atoms with Crippen molar-refractivity contribution in [3.05, 3.63) is 65.2 Å². The second kappa shape index (κ2) is 5.26. The first kappa shape index (κ1) is 13.7. The van der Waals surface area contributed by atoms with Crippen LogP contribution in [0, 0.1) is 11.3 Å². The fourth-order valence-electron chi connectivity index (χ4n) is 2.40. The average Bonchev–Trinajstić information content (AvgIpc) is 2.81. The van der Waals surface area contributed by atoms with Crippen molar-refractivity contribution in [2.75, 3.05) is 7.11 Å². The maximum atomic E-state index is 11.5. The lowest BCUT2D eigenvalue weighted by molar-refractivity contribution is -0.114. The van der Waals surface area contributed by atoms with Crippen LogP contribution in [0.3, 0.4) is 0 Å². The molecule has 5 nitrogen and oxygen atoms in total. The van der Waals surface area contributed by atoms with E-state index in [2.05, 4.69) is 0 Å². The molecule has 0 amide bonds. The SMILES string of the molecule is COC1=CC(=Cc2c(O)c(C#N)c3ccccn23)C=CC1=O. The van der Waals surface area contributed by atoms with Crippen molar-refractivity contribution in [1.29, 1.82) is 5.26 Å². The standard InChI is InChI=1S/C17H12N2O3/c1-22-16-9-11(5-6-15(16)20)8-14-17(21)12(10-18)13-4-2-3-7-19(13)14/h2-9,21H,1H3. The minimum absolute atomic E-state index is 0.0844. The van der Waals surface area contributed by atoms with E-state index in [0.29, 0.717) is 16.8 Å². The summed E-state index contributed by atoms with van der Waals surface area (Å²) in [5.74, 6) is -0.0601. The molecule has 0 atom stereocenters. The van der Waals surface area contributed by atoms with Gasteiger partial charge >= 0.3 is 0 Å². The predicted octanol–water partition coefficient (Wildman–Crippen LogP) is 2.57. The number of hydrogen-bond donors (Lipinski definition) is 1. The van der Waals surface area contributed by atoms with Crippen molar-refractivity contribution < 1.29 is 14.6 Å². The Kier molecular flexibility index (Phi) is 3.28. The third kappa shape index (κ3) is 2.07. The lowest BCUT2D eigenvalue weighted by Gasteiger charge is -2.07. The van der Waals surface area contributed by atoms with Gasteiger partial charge in [-0.05, 0) is 35.9 Å². The van der Waals surface area contributed by atoms with Crippen molar-refractivity contribution in [2.45, 2.75) is 0 Å². The maximum absolute atomic E-state index is 11.5. The molecule has 2 aromatic rings. The van der Waals surface area contributed by atoms with Crippen LogP contribution in [0.1, 0.15) is 11.3 Å². The van der Waals surface area contributed by atoms with Gasteiger partial charge in [-0.3, -0.25) is 4.79 Å². The Morgan fingerprint density at radius 1 is 1.36 bits per heavy atom. The summed E-state index contributed by atoms with van der Waals surface area (Å²) in [6, 6.07) is 7.38. The van der Waals surface area contributed by atoms with Crippen molar-refractivity contribution in [1.82, 2.24) is 4.40 Å². The summed E-state index contributed by atoms with van der Waals surface area (Å²) in [6.45, 7) is 0. The Bertz CT molecular complexity index is 908. The van der Waals surface area contributed by atoms with Crippen molar-refractivity contribution in [3.63, 3.8) is 0 Å². The van der Waals surface area contributed by atoms with Gasteiger partial charge in [-0.25, -0.2) is 0 Å². The quantitative estimate of drug-likeness (QED) is 0.923. The van der Waals surface area contributed by atoms with E-state index in [1.165, 1.54) is 13.2 Å². The van der Waals surface area contributed by atoms with Crippen molar-refractivity contribution in [2.24, 2.45) is 0 Å². The smallest absolute Gasteiger partial charge is 0.220 e.